The number of hydrogen-bond acceptors (Lipinski definition) is 7. The minimum atomic E-state index is -0.592. The molecule has 1 saturated heterocycles. The summed E-state index contributed by atoms with van der Waals surface area (Å²) in [7, 11) is 0. The lowest BCUT2D eigenvalue weighted by Crippen LogP contribution is -2.50. The Morgan fingerprint density at radius 2 is 1.77 bits per heavy atom. The van der Waals surface area contributed by atoms with E-state index in [0.717, 1.165) is 0 Å². The van der Waals surface area contributed by atoms with Crippen molar-refractivity contribution < 1.29 is 23.1 Å². The minimum Gasteiger partial charge on any atom is -0.452 e. The van der Waals surface area contributed by atoms with Gasteiger partial charge in [-0.1, -0.05) is 12.1 Å². The molecule has 0 saturated carbocycles. The fraction of sp³-hybridized carbons (Fsp3) is 0.238. The van der Waals surface area contributed by atoms with E-state index in [1.165, 1.54) is 12.5 Å². The summed E-state index contributed by atoms with van der Waals surface area (Å²) in [6.07, 6.45) is 1.22. The molecular weight excluding hydrogens is 391 g/mol. The first-order chi connectivity index (χ1) is 14.6. The molecule has 0 unspecified atom stereocenters. The van der Waals surface area contributed by atoms with Gasteiger partial charge in [0.25, 0.3) is 5.91 Å². The predicted molar refractivity (Wildman–Crippen MR) is 105 cm³/mol. The van der Waals surface area contributed by atoms with Crippen molar-refractivity contribution in [3.05, 3.63) is 66.3 Å². The second-order valence-electron chi connectivity index (χ2n) is 6.72. The second kappa shape index (κ2) is 8.73. The number of piperazine rings is 1. The Labute approximate surface area is 171 Å². The highest BCUT2D eigenvalue weighted by Crippen LogP contribution is 2.20. The molecule has 0 radical (unpaired) electrons. The van der Waals surface area contributed by atoms with Crippen LogP contribution in [0.3, 0.4) is 0 Å². The van der Waals surface area contributed by atoms with Gasteiger partial charge in [-0.15, -0.1) is 10.2 Å². The van der Waals surface area contributed by atoms with E-state index >= 15 is 0 Å². The lowest BCUT2D eigenvalue weighted by Gasteiger charge is -2.36. The summed E-state index contributed by atoms with van der Waals surface area (Å²) < 4.78 is 24.2. The molecule has 1 aromatic heterocycles. The summed E-state index contributed by atoms with van der Waals surface area (Å²) in [5.41, 5.74) is 1.52. The van der Waals surface area contributed by atoms with Gasteiger partial charge in [-0.25, -0.2) is 9.18 Å². The summed E-state index contributed by atoms with van der Waals surface area (Å²) >= 11 is 0. The first kappa shape index (κ1) is 19.6. The van der Waals surface area contributed by atoms with Gasteiger partial charge in [0.15, 0.2) is 6.61 Å². The highest BCUT2D eigenvalue weighted by atomic mass is 19.1. The van der Waals surface area contributed by atoms with Gasteiger partial charge in [0.2, 0.25) is 12.3 Å². The molecule has 3 aromatic rings. The van der Waals surface area contributed by atoms with Gasteiger partial charge in [0.1, 0.15) is 5.82 Å². The molecule has 1 aliphatic rings. The van der Waals surface area contributed by atoms with Crippen molar-refractivity contribution >= 4 is 17.6 Å². The molecule has 0 N–H and O–H groups in total. The van der Waals surface area contributed by atoms with Crippen LogP contribution in [0.15, 0.2) is 59.3 Å². The second-order valence-corrected chi connectivity index (χ2v) is 6.72. The molecule has 0 bridgehead atoms. The van der Waals surface area contributed by atoms with Crippen molar-refractivity contribution in [2.75, 3.05) is 37.7 Å². The number of halogens is 1. The van der Waals surface area contributed by atoms with Crippen LogP contribution in [-0.2, 0) is 9.53 Å². The van der Waals surface area contributed by atoms with Crippen molar-refractivity contribution in [2.45, 2.75) is 0 Å². The van der Waals surface area contributed by atoms with Gasteiger partial charge >= 0.3 is 5.97 Å². The monoisotopic (exact) mass is 410 g/mol. The van der Waals surface area contributed by atoms with E-state index in [1.54, 1.807) is 47.4 Å². The zero-order valence-corrected chi connectivity index (χ0v) is 16.0. The number of ether oxygens (including phenoxy) is 1. The van der Waals surface area contributed by atoms with E-state index in [1.807, 2.05) is 4.90 Å². The number of hydrogen-bond donors (Lipinski definition) is 0. The zero-order valence-electron chi connectivity index (χ0n) is 16.0. The van der Waals surface area contributed by atoms with Crippen LogP contribution in [0, 0.1) is 5.82 Å². The Morgan fingerprint density at radius 1 is 1.03 bits per heavy atom. The van der Waals surface area contributed by atoms with Crippen LogP contribution in [0.1, 0.15) is 10.4 Å². The number of rotatable bonds is 5. The first-order valence-electron chi connectivity index (χ1n) is 9.43. The number of para-hydroxylation sites is 1. The maximum Gasteiger partial charge on any atom is 0.338 e. The van der Waals surface area contributed by atoms with E-state index in [9.17, 15) is 14.0 Å². The maximum absolute atomic E-state index is 13.9. The lowest BCUT2D eigenvalue weighted by molar-refractivity contribution is -0.134. The highest BCUT2D eigenvalue weighted by Gasteiger charge is 2.23. The van der Waals surface area contributed by atoms with E-state index in [4.69, 9.17) is 9.15 Å². The van der Waals surface area contributed by atoms with E-state index < -0.39 is 5.97 Å². The molecule has 1 aliphatic heterocycles. The number of amides is 1. The van der Waals surface area contributed by atoms with Crippen LogP contribution in [-0.4, -0.2) is 59.8 Å². The summed E-state index contributed by atoms with van der Waals surface area (Å²) in [4.78, 5) is 28.1. The lowest BCUT2D eigenvalue weighted by atomic mass is 10.1. The fourth-order valence-electron chi connectivity index (χ4n) is 3.25. The van der Waals surface area contributed by atoms with E-state index in [2.05, 4.69) is 10.2 Å². The van der Waals surface area contributed by atoms with Gasteiger partial charge in [-0.3, -0.25) is 4.79 Å². The fourth-order valence-corrected chi connectivity index (χ4v) is 3.25. The average Bonchev–Trinajstić information content (AvgIpc) is 3.33. The van der Waals surface area contributed by atoms with Gasteiger partial charge in [-0.05, 0) is 36.4 Å². The normalized spacial score (nSPS) is 13.9. The number of benzene rings is 2. The smallest absolute Gasteiger partial charge is 0.338 e. The topological polar surface area (TPSA) is 88.8 Å². The molecule has 154 valence electrons. The van der Waals surface area contributed by atoms with Gasteiger partial charge < -0.3 is 19.0 Å². The van der Waals surface area contributed by atoms with Crippen molar-refractivity contribution in [3.63, 3.8) is 0 Å². The molecule has 2 heterocycles. The molecule has 8 nitrogen and oxygen atoms in total. The Balaban J connectivity index is 1.27. The third-order valence-corrected chi connectivity index (χ3v) is 4.88. The molecule has 4 rings (SSSR count). The van der Waals surface area contributed by atoms with Crippen molar-refractivity contribution in [1.82, 2.24) is 15.1 Å². The van der Waals surface area contributed by atoms with Crippen LogP contribution in [0.2, 0.25) is 0 Å². The first-order valence-corrected chi connectivity index (χ1v) is 9.43. The number of anilines is 1. The van der Waals surface area contributed by atoms with Crippen LogP contribution in [0.5, 0.6) is 0 Å². The Morgan fingerprint density at radius 3 is 2.43 bits per heavy atom. The van der Waals surface area contributed by atoms with Crippen molar-refractivity contribution in [3.8, 4) is 11.5 Å². The number of esters is 1. The van der Waals surface area contributed by atoms with E-state index in [0.29, 0.717) is 48.9 Å². The Hall–Kier alpha value is -3.75. The molecule has 0 atom stereocenters. The molecule has 1 fully saturated rings. The van der Waals surface area contributed by atoms with Gasteiger partial charge in [0, 0.05) is 31.7 Å². The molecule has 1 amide bonds. The zero-order chi connectivity index (χ0) is 20.9. The third-order valence-electron chi connectivity index (χ3n) is 4.88. The summed E-state index contributed by atoms with van der Waals surface area (Å²) in [6, 6.07) is 13.0. The van der Waals surface area contributed by atoms with Gasteiger partial charge in [0.05, 0.1) is 11.3 Å². The quantitative estimate of drug-likeness (QED) is 0.597. The summed E-state index contributed by atoms with van der Waals surface area (Å²) in [5, 5.41) is 7.40. The molecule has 0 aliphatic carbocycles. The minimum absolute atomic E-state index is 0.279. The number of carbonyl (C=O) groups is 2. The summed E-state index contributed by atoms with van der Waals surface area (Å²) in [6.45, 7) is 1.55. The molecule has 30 heavy (non-hydrogen) atoms. The Kier molecular flexibility index (Phi) is 5.69. The molecule has 2 aromatic carbocycles. The van der Waals surface area contributed by atoms with Crippen LogP contribution in [0.25, 0.3) is 11.5 Å². The standard InChI is InChI=1S/C21H19FN4O4/c22-17-3-1-2-4-18(17)25-9-11-26(12-10-25)19(27)13-29-21(28)16-7-5-15(6-8-16)20-24-23-14-30-20/h1-8,14H,9-13H2. The molecule has 0 spiro atoms. The Bertz CT molecular complexity index is 1020. The SMILES string of the molecule is O=C(OCC(=O)N1CCN(c2ccccc2F)CC1)c1ccc(-c2nnco2)cc1. The van der Waals surface area contributed by atoms with Gasteiger partial charge in [-0.2, -0.15) is 0 Å². The van der Waals surface area contributed by atoms with Crippen molar-refractivity contribution in [1.29, 1.82) is 0 Å². The summed E-state index contributed by atoms with van der Waals surface area (Å²) in [5.74, 6) is -0.805. The van der Waals surface area contributed by atoms with Crippen LogP contribution >= 0.6 is 0 Å². The molecule has 9 heteroatoms. The number of nitrogens with zero attached hydrogens (tertiary/aromatic N) is 4. The number of carbonyl (C=O) groups excluding carboxylic acids is 2. The van der Waals surface area contributed by atoms with E-state index in [-0.39, 0.29) is 18.3 Å². The number of aromatic nitrogens is 2. The highest BCUT2D eigenvalue weighted by molar-refractivity contribution is 5.91. The third kappa shape index (κ3) is 4.29. The van der Waals surface area contributed by atoms with Crippen LogP contribution in [0.4, 0.5) is 10.1 Å². The maximum atomic E-state index is 13.9. The molecular formula is C21H19FN4O4. The average molecular weight is 410 g/mol. The van der Waals surface area contributed by atoms with Crippen molar-refractivity contribution in [2.24, 2.45) is 0 Å². The largest absolute Gasteiger partial charge is 0.452 e. The predicted octanol–water partition coefficient (Wildman–Crippen LogP) is 2.38. The van der Waals surface area contributed by atoms with Crippen LogP contribution < -0.4 is 4.90 Å².